The van der Waals surface area contributed by atoms with Crippen LogP contribution in [0.2, 0.25) is 5.15 Å². The van der Waals surface area contributed by atoms with Crippen molar-refractivity contribution < 1.29 is 4.74 Å². The normalized spacial score (nSPS) is 10.1. The molecule has 3 nitrogen and oxygen atoms in total. The number of halogens is 1. The SMILES string of the molecule is Cc1ncccc1Oc1nc(Cl)cs1. The highest BCUT2D eigenvalue weighted by Gasteiger charge is 2.04. The summed E-state index contributed by atoms with van der Waals surface area (Å²) in [6.07, 6.45) is 1.72. The second kappa shape index (κ2) is 3.94. The molecule has 5 heteroatoms. The predicted molar refractivity (Wildman–Crippen MR) is 56.2 cm³/mol. The average Bonchev–Trinajstić information content (AvgIpc) is 2.56. The van der Waals surface area contributed by atoms with Gasteiger partial charge in [-0.3, -0.25) is 4.98 Å². The van der Waals surface area contributed by atoms with Crippen LogP contribution in [0.25, 0.3) is 0 Å². The van der Waals surface area contributed by atoms with Gasteiger partial charge in [-0.2, -0.15) is 4.98 Å². The number of aryl methyl sites for hydroxylation is 1. The van der Waals surface area contributed by atoms with Crippen LogP contribution in [0.1, 0.15) is 5.69 Å². The molecule has 0 aliphatic carbocycles. The standard InChI is InChI=1S/C9H7ClN2OS/c1-6-7(3-2-4-11-6)13-9-12-8(10)5-14-9/h2-5H,1H3. The Hall–Kier alpha value is -1.13. The van der Waals surface area contributed by atoms with Crippen molar-refractivity contribution >= 4 is 22.9 Å². The summed E-state index contributed by atoms with van der Waals surface area (Å²) in [7, 11) is 0. The summed E-state index contributed by atoms with van der Waals surface area (Å²) >= 11 is 7.03. The Kier molecular flexibility index (Phi) is 2.65. The van der Waals surface area contributed by atoms with Gasteiger partial charge >= 0.3 is 0 Å². The first-order valence-electron chi connectivity index (χ1n) is 3.96. The topological polar surface area (TPSA) is 35.0 Å². The first-order chi connectivity index (χ1) is 6.75. The van der Waals surface area contributed by atoms with E-state index in [9.17, 15) is 0 Å². The lowest BCUT2D eigenvalue weighted by molar-refractivity contribution is 0.472. The molecule has 2 aromatic heterocycles. The molecule has 0 saturated heterocycles. The lowest BCUT2D eigenvalue weighted by atomic mass is 10.3. The molecule has 0 N–H and O–H groups in total. The van der Waals surface area contributed by atoms with Crippen molar-refractivity contribution in [3.8, 4) is 10.9 Å². The lowest BCUT2D eigenvalue weighted by Crippen LogP contribution is -1.88. The first-order valence-corrected chi connectivity index (χ1v) is 5.22. The van der Waals surface area contributed by atoms with E-state index >= 15 is 0 Å². The van der Waals surface area contributed by atoms with E-state index in [1.165, 1.54) is 11.3 Å². The molecule has 0 aliphatic heterocycles. The second-order valence-corrected chi connectivity index (χ2v) is 3.83. The minimum absolute atomic E-state index is 0.451. The van der Waals surface area contributed by atoms with E-state index in [0.29, 0.717) is 16.1 Å². The summed E-state index contributed by atoms with van der Waals surface area (Å²) < 4.78 is 5.49. The molecule has 72 valence electrons. The highest BCUT2D eigenvalue weighted by Crippen LogP contribution is 2.27. The minimum Gasteiger partial charge on any atom is -0.429 e. The first kappa shape index (κ1) is 9.43. The van der Waals surface area contributed by atoms with Crippen molar-refractivity contribution in [2.24, 2.45) is 0 Å². The molecule has 14 heavy (non-hydrogen) atoms. The highest BCUT2D eigenvalue weighted by atomic mass is 35.5. The van der Waals surface area contributed by atoms with Crippen LogP contribution in [-0.4, -0.2) is 9.97 Å². The minimum atomic E-state index is 0.451. The van der Waals surface area contributed by atoms with Crippen LogP contribution < -0.4 is 4.74 Å². The van der Waals surface area contributed by atoms with Crippen molar-refractivity contribution in [2.75, 3.05) is 0 Å². The van der Waals surface area contributed by atoms with Crippen molar-refractivity contribution in [3.05, 3.63) is 34.6 Å². The number of thiazole rings is 1. The van der Waals surface area contributed by atoms with Crippen molar-refractivity contribution in [3.63, 3.8) is 0 Å². The second-order valence-electron chi connectivity index (χ2n) is 2.63. The number of pyridine rings is 1. The maximum Gasteiger partial charge on any atom is 0.280 e. The molecule has 0 atom stereocenters. The van der Waals surface area contributed by atoms with Gasteiger partial charge in [-0.25, -0.2) is 0 Å². The third-order valence-corrected chi connectivity index (χ3v) is 2.65. The van der Waals surface area contributed by atoms with E-state index in [-0.39, 0.29) is 0 Å². The molecule has 0 fully saturated rings. The molecule has 2 rings (SSSR count). The molecule has 0 radical (unpaired) electrons. The molecule has 2 aromatic rings. The number of aromatic nitrogens is 2. The maximum absolute atomic E-state index is 5.67. The summed E-state index contributed by atoms with van der Waals surface area (Å²) in [6.45, 7) is 1.88. The van der Waals surface area contributed by atoms with Crippen LogP contribution in [0, 0.1) is 6.92 Å². The molecule has 0 saturated carbocycles. The molecule has 0 amide bonds. The van der Waals surface area contributed by atoms with Crippen LogP contribution in [0.15, 0.2) is 23.7 Å². The maximum atomic E-state index is 5.67. The van der Waals surface area contributed by atoms with Gasteiger partial charge < -0.3 is 4.74 Å². The van der Waals surface area contributed by atoms with Gasteiger partial charge in [0.25, 0.3) is 5.19 Å². The fourth-order valence-corrected chi connectivity index (χ4v) is 1.76. The number of hydrogen-bond acceptors (Lipinski definition) is 4. The van der Waals surface area contributed by atoms with Crippen LogP contribution in [0.4, 0.5) is 0 Å². The van der Waals surface area contributed by atoms with E-state index < -0.39 is 0 Å². The average molecular weight is 227 g/mol. The Morgan fingerprint density at radius 1 is 1.50 bits per heavy atom. The predicted octanol–water partition coefficient (Wildman–Crippen LogP) is 3.29. The summed E-state index contributed by atoms with van der Waals surface area (Å²) in [6, 6.07) is 3.66. The fraction of sp³-hybridized carbons (Fsp3) is 0.111. The Morgan fingerprint density at radius 2 is 2.36 bits per heavy atom. The van der Waals surface area contributed by atoms with Crippen molar-refractivity contribution in [1.82, 2.24) is 9.97 Å². The van der Waals surface area contributed by atoms with Crippen molar-refractivity contribution in [1.29, 1.82) is 0 Å². The quantitative estimate of drug-likeness (QED) is 0.788. The van der Waals surface area contributed by atoms with Gasteiger partial charge in [-0.1, -0.05) is 22.9 Å². The Labute approximate surface area is 90.3 Å². The van der Waals surface area contributed by atoms with E-state index in [0.717, 1.165) is 5.69 Å². The third kappa shape index (κ3) is 2.02. The van der Waals surface area contributed by atoms with Gasteiger partial charge in [0.05, 0.1) is 5.69 Å². The Morgan fingerprint density at radius 3 is 3.00 bits per heavy atom. The molecular weight excluding hydrogens is 220 g/mol. The summed E-state index contributed by atoms with van der Waals surface area (Å²) in [4.78, 5) is 8.08. The zero-order chi connectivity index (χ0) is 9.97. The summed E-state index contributed by atoms with van der Waals surface area (Å²) in [5.41, 5.74) is 0.832. The molecule has 0 bridgehead atoms. The van der Waals surface area contributed by atoms with Gasteiger partial charge in [-0.15, -0.1) is 0 Å². The van der Waals surface area contributed by atoms with Crippen LogP contribution in [0.3, 0.4) is 0 Å². The van der Waals surface area contributed by atoms with Gasteiger partial charge in [0.15, 0.2) is 5.75 Å². The largest absolute Gasteiger partial charge is 0.429 e. The van der Waals surface area contributed by atoms with Crippen molar-refractivity contribution in [2.45, 2.75) is 6.92 Å². The molecule has 0 aromatic carbocycles. The molecule has 2 heterocycles. The van der Waals surface area contributed by atoms with Gasteiger partial charge in [0.1, 0.15) is 5.15 Å². The number of ether oxygens (including phenoxy) is 1. The number of hydrogen-bond donors (Lipinski definition) is 0. The summed E-state index contributed by atoms with van der Waals surface area (Å²) in [5.74, 6) is 0.707. The fourth-order valence-electron chi connectivity index (χ4n) is 0.957. The molecular formula is C9H7ClN2OS. The van der Waals surface area contributed by atoms with Crippen LogP contribution >= 0.6 is 22.9 Å². The van der Waals surface area contributed by atoms with E-state index in [4.69, 9.17) is 16.3 Å². The van der Waals surface area contributed by atoms with E-state index in [2.05, 4.69) is 9.97 Å². The number of nitrogens with zero attached hydrogens (tertiary/aromatic N) is 2. The monoisotopic (exact) mass is 226 g/mol. The molecule has 0 spiro atoms. The highest BCUT2D eigenvalue weighted by molar-refractivity contribution is 7.11. The van der Waals surface area contributed by atoms with Gasteiger partial charge in [0.2, 0.25) is 0 Å². The zero-order valence-corrected chi connectivity index (χ0v) is 8.97. The van der Waals surface area contributed by atoms with Gasteiger partial charge in [0, 0.05) is 11.6 Å². The van der Waals surface area contributed by atoms with E-state index in [1.54, 1.807) is 11.6 Å². The Bertz CT molecular complexity index is 444. The third-order valence-electron chi connectivity index (χ3n) is 1.61. The van der Waals surface area contributed by atoms with Gasteiger partial charge in [-0.05, 0) is 19.1 Å². The zero-order valence-electron chi connectivity index (χ0n) is 7.40. The Balaban J connectivity index is 2.23. The smallest absolute Gasteiger partial charge is 0.280 e. The molecule has 0 aliphatic rings. The molecule has 0 unspecified atom stereocenters. The van der Waals surface area contributed by atoms with Crippen LogP contribution in [-0.2, 0) is 0 Å². The summed E-state index contributed by atoms with van der Waals surface area (Å²) in [5, 5.41) is 2.71. The van der Waals surface area contributed by atoms with E-state index in [1.807, 2.05) is 19.1 Å². The van der Waals surface area contributed by atoms with Crippen LogP contribution in [0.5, 0.6) is 10.9 Å². The number of rotatable bonds is 2. The lowest BCUT2D eigenvalue weighted by Gasteiger charge is -2.02.